The van der Waals surface area contributed by atoms with Crippen LogP contribution in [-0.4, -0.2) is 17.4 Å². The second-order valence-electron chi connectivity index (χ2n) is 4.12. The van der Waals surface area contributed by atoms with Gasteiger partial charge in [-0.15, -0.1) is 23.1 Å². The molecule has 1 heterocycles. The van der Waals surface area contributed by atoms with E-state index in [4.69, 9.17) is 11.6 Å². The number of nitrogens with one attached hydrogen (secondary N) is 1. The van der Waals surface area contributed by atoms with Crippen LogP contribution in [0.1, 0.15) is 4.88 Å². The van der Waals surface area contributed by atoms with Crippen LogP contribution in [0.3, 0.4) is 0 Å². The van der Waals surface area contributed by atoms with Crippen LogP contribution in [0.15, 0.2) is 41.3 Å². The molecule has 0 saturated heterocycles. The van der Waals surface area contributed by atoms with Gasteiger partial charge in [0.2, 0.25) is 5.91 Å². The third-order valence-electron chi connectivity index (χ3n) is 2.48. The first-order valence-electron chi connectivity index (χ1n) is 6.20. The second kappa shape index (κ2) is 8.76. The monoisotopic (exact) mass is 379 g/mol. The zero-order valence-corrected chi connectivity index (χ0v) is 14.4. The predicted octanol–water partition coefficient (Wildman–Crippen LogP) is 5.59. The van der Waals surface area contributed by atoms with E-state index in [-0.39, 0.29) is 11.7 Å². The number of rotatable bonds is 7. The first-order chi connectivity index (χ1) is 10.5. The largest absolute Gasteiger partial charge is 0.324 e. The molecule has 1 aromatic heterocycles. The Morgan fingerprint density at radius 1 is 1.27 bits per heavy atom. The number of amides is 1. The van der Waals surface area contributed by atoms with Crippen molar-refractivity contribution in [2.45, 2.75) is 16.4 Å². The fourth-order valence-corrected chi connectivity index (χ4v) is 4.25. The van der Waals surface area contributed by atoms with Crippen LogP contribution in [0.5, 0.6) is 0 Å². The van der Waals surface area contributed by atoms with Gasteiger partial charge >= 0.3 is 0 Å². The third kappa shape index (κ3) is 5.79. The normalized spacial score (nSPS) is 10.9. The van der Waals surface area contributed by atoms with E-state index in [2.05, 4.69) is 5.32 Å². The molecule has 2 rings (SSSR count). The van der Waals surface area contributed by atoms with Gasteiger partial charge in [0, 0.05) is 15.5 Å². The highest BCUT2D eigenvalue weighted by Gasteiger charge is 2.11. The number of thioether (sulfide) groups is 2. The van der Waals surface area contributed by atoms with Crippen LogP contribution in [0.2, 0.25) is 4.34 Å². The van der Waals surface area contributed by atoms with Crippen molar-refractivity contribution in [3.05, 3.63) is 45.6 Å². The van der Waals surface area contributed by atoms with Gasteiger partial charge in [-0.05, 0) is 24.3 Å². The minimum atomic E-state index is -2.52. The van der Waals surface area contributed by atoms with Gasteiger partial charge in [0.05, 0.1) is 15.8 Å². The molecule has 0 spiro atoms. The summed E-state index contributed by atoms with van der Waals surface area (Å²) in [6.07, 6.45) is 0. The number of alkyl halides is 2. The Balaban J connectivity index is 1.84. The SMILES string of the molecule is O=C(CSCc1ccc(Cl)s1)Nc1ccccc1SC(F)F. The van der Waals surface area contributed by atoms with Gasteiger partial charge in [0.15, 0.2) is 0 Å². The van der Waals surface area contributed by atoms with Gasteiger partial charge in [-0.3, -0.25) is 4.79 Å². The smallest absolute Gasteiger partial charge is 0.288 e. The van der Waals surface area contributed by atoms with E-state index in [0.29, 0.717) is 28.1 Å². The van der Waals surface area contributed by atoms with Crippen LogP contribution >= 0.6 is 46.5 Å². The summed E-state index contributed by atoms with van der Waals surface area (Å²) >= 11 is 9.19. The van der Waals surface area contributed by atoms with Crippen molar-refractivity contribution in [2.24, 2.45) is 0 Å². The fourth-order valence-electron chi connectivity index (χ4n) is 1.63. The Kier molecular flexibility index (Phi) is 7.01. The van der Waals surface area contributed by atoms with E-state index in [1.807, 2.05) is 12.1 Å². The van der Waals surface area contributed by atoms with E-state index < -0.39 is 5.76 Å². The number of halogens is 3. The molecule has 0 atom stereocenters. The summed E-state index contributed by atoms with van der Waals surface area (Å²) in [4.78, 5) is 13.4. The Morgan fingerprint density at radius 2 is 2.05 bits per heavy atom. The van der Waals surface area contributed by atoms with Crippen LogP contribution in [0, 0.1) is 0 Å². The lowest BCUT2D eigenvalue weighted by atomic mass is 10.3. The summed E-state index contributed by atoms with van der Waals surface area (Å²) in [5.74, 6) is -1.78. The number of para-hydroxylation sites is 1. The van der Waals surface area contributed by atoms with Crippen molar-refractivity contribution in [1.29, 1.82) is 0 Å². The molecule has 0 aliphatic rings. The van der Waals surface area contributed by atoms with Crippen molar-refractivity contribution >= 4 is 58.1 Å². The lowest BCUT2D eigenvalue weighted by Crippen LogP contribution is -2.14. The number of carbonyl (C=O) groups is 1. The molecule has 1 aromatic carbocycles. The van der Waals surface area contributed by atoms with E-state index in [0.717, 1.165) is 9.21 Å². The molecule has 0 bridgehead atoms. The number of thiophene rings is 1. The van der Waals surface area contributed by atoms with Crippen LogP contribution in [-0.2, 0) is 10.5 Å². The summed E-state index contributed by atoms with van der Waals surface area (Å²) in [7, 11) is 0. The van der Waals surface area contributed by atoms with E-state index in [1.165, 1.54) is 23.1 Å². The molecule has 2 aromatic rings. The summed E-state index contributed by atoms with van der Waals surface area (Å²) < 4.78 is 25.7. The topological polar surface area (TPSA) is 29.1 Å². The van der Waals surface area contributed by atoms with Gasteiger partial charge in [-0.1, -0.05) is 35.5 Å². The van der Waals surface area contributed by atoms with E-state index in [9.17, 15) is 13.6 Å². The zero-order valence-electron chi connectivity index (χ0n) is 11.2. The number of hydrogen-bond donors (Lipinski definition) is 1. The summed E-state index contributed by atoms with van der Waals surface area (Å²) in [6, 6.07) is 10.3. The molecule has 0 radical (unpaired) electrons. The van der Waals surface area contributed by atoms with Gasteiger partial charge in [-0.2, -0.15) is 8.78 Å². The molecule has 118 valence electrons. The molecule has 0 unspecified atom stereocenters. The molecule has 0 aliphatic heterocycles. The third-order valence-corrected chi connectivity index (χ3v) is 5.67. The molecule has 0 aliphatic carbocycles. The number of carbonyl (C=O) groups excluding carboxylic acids is 1. The van der Waals surface area contributed by atoms with Gasteiger partial charge in [0.1, 0.15) is 0 Å². The molecule has 2 nitrogen and oxygen atoms in total. The van der Waals surface area contributed by atoms with Crippen LogP contribution in [0.4, 0.5) is 14.5 Å². The number of anilines is 1. The maximum absolute atomic E-state index is 12.5. The molecule has 1 amide bonds. The highest BCUT2D eigenvalue weighted by Crippen LogP contribution is 2.31. The second-order valence-corrected chi connectivity index (χ2v) is 7.94. The highest BCUT2D eigenvalue weighted by atomic mass is 35.5. The van der Waals surface area contributed by atoms with E-state index in [1.54, 1.807) is 24.3 Å². The van der Waals surface area contributed by atoms with Gasteiger partial charge in [0.25, 0.3) is 5.76 Å². The molecule has 0 saturated carbocycles. The summed E-state index contributed by atoms with van der Waals surface area (Å²) in [6.45, 7) is 0. The molecular formula is C14H12ClF2NOS3. The Morgan fingerprint density at radius 3 is 2.73 bits per heavy atom. The minimum absolute atomic E-state index is 0.213. The lowest BCUT2D eigenvalue weighted by molar-refractivity contribution is -0.113. The minimum Gasteiger partial charge on any atom is -0.324 e. The standard InChI is InChI=1S/C14H12ClF2NOS3/c15-12-6-5-9(21-12)7-20-8-13(19)18-10-3-1-2-4-11(10)22-14(16)17/h1-6,14H,7-8H2,(H,18,19). The quantitative estimate of drug-likeness (QED) is 0.636. The Hall–Kier alpha value is -0.760. The van der Waals surface area contributed by atoms with Crippen LogP contribution in [0.25, 0.3) is 0 Å². The number of benzene rings is 1. The highest BCUT2D eigenvalue weighted by molar-refractivity contribution is 7.99. The molecule has 22 heavy (non-hydrogen) atoms. The molecule has 0 fully saturated rings. The maximum atomic E-state index is 12.5. The van der Waals surface area contributed by atoms with Crippen molar-refractivity contribution in [2.75, 3.05) is 11.1 Å². The van der Waals surface area contributed by atoms with Crippen molar-refractivity contribution in [3.63, 3.8) is 0 Å². The fraction of sp³-hybridized carbons (Fsp3) is 0.214. The maximum Gasteiger partial charge on any atom is 0.288 e. The lowest BCUT2D eigenvalue weighted by Gasteiger charge is -2.10. The Bertz CT molecular complexity index is 636. The van der Waals surface area contributed by atoms with Crippen LogP contribution < -0.4 is 5.32 Å². The summed E-state index contributed by atoms with van der Waals surface area (Å²) in [5.41, 5.74) is 0.414. The van der Waals surface area contributed by atoms with E-state index >= 15 is 0 Å². The first-order valence-corrected chi connectivity index (χ1v) is 9.43. The zero-order chi connectivity index (χ0) is 15.9. The molecule has 8 heteroatoms. The average molecular weight is 380 g/mol. The first kappa shape index (κ1) is 17.6. The van der Waals surface area contributed by atoms with Gasteiger partial charge in [-0.25, -0.2) is 0 Å². The Labute approximate surface area is 144 Å². The predicted molar refractivity (Wildman–Crippen MR) is 92.4 cm³/mol. The van der Waals surface area contributed by atoms with Crippen molar-refractivity contribution < 1.29 is 13.6 Å². The van der Waals surface area contributed by atoms with Crippen molar-refractivity contribution in [1.82, 2.24) is 0 Å². The van der Waals surface area contributed by atoms with Crippen molar-refractivity contribution in [3.8, 4) is 0 Å². The molecular weight excluding hydrogens is 368 g/mol. The number of hydrogen-bond acceptors (Lipinski definition) is 4. The van der Waals surface area contributed by atoms with Gasteiger partial charge < -0.3 is 5.32 Å². The summed E-state index contributed by atoms with van der Waals surface area (Å²) in [5, 5.41) is 2.67. The average Bonchev–Trinajstić information content (AvgIpc) is 2.86. The molecule has 1 N–H and O–H groups in total.